The molecule has 1 saturated heterocycles. The molecule has 1 aromatic heterocycles. The maximum atomic E-state index is 12.3. The quantitative estimate of drug-likeness (QED) is 0.471. The zero-order chi connectivity index (χ0) is 23.6. The molecule has 0 radical (unpaired) electrons. The van der Waals surface area contributed by atoms with Gasteiger partial charge in [0.05, 0.1) is 38.4 Å². The fraction of sp³-hybridized carbons (Fsp3) is 0.455. The molecule has 2 amide bonds. The molecule has 3 N–H and O–H groups in total. The van der Waals surface area contributed by atoms with Crippen LogP contribution in [0.15, 0.2) is 24.5 Å². The van der Waals surface area contributed by atoms with Crippen LogP contribution in [0.25, 0.3) is 0 Å². The van der Waals surface area contributed by atoms with E-state index in [0.29, 0.717) is 22.5 Å². The number of methoxy groups -OCH3 is 1. The number of urea groups is 1. The first kappa shape index (κ1) is 27.6. The highest BCUT2D eigenvalue weighted by Crippen LogP contribution is 2.31. The average Bonchev–Trinajstić information content (AvgIpc) is 2.81. The van der Waals surface area contributed by atoms with Crippen LogP contribution in [-0.4, -0.2) is 73.4 Å². The van der Waals surface area contributed by atoms with Crippen LogP contribution in [0, 0.1) is 11.3 Å². The summed E-state index contributed by atoms with van der Waals surface area (Å²) in [6.07, 6.45) is 3.30. The summed E-state index contributed by atoms with van der Waals surface area (Å²) in [5.41, 5.74) is 1.51. The number of nitriles is 1. The third kappa shape index (κ3) is 8.27. The number of morpholine rings is 1. The normalized spacial score (nSPS) is 14.4. The lowest BCUT2D eigenvalue weighted by Crippen LogP contribution is -2.44. The first-order chi connectivity index (χ1) is 16.0. The number of halogens is 2. The van der Waals surface area contributed by atoms with Crippen LogP contribution >= 0.6 is 24.0 Å². The Bertz CT molecular complexity index is 980. The number of anilines is 2. The van der Waals surface area contributed by atoms with E-state index in [2.05, 4.69) is 37.7 Å². The van der Waals surface area contributed by atoms with Crippen molar-refractivity contribution in [3.8, 4) is 11.8 Å². The van der Waals surface area contributed by atoms with Crippen molar-refractivity contribution in [2.24, 2.45) is 0 Å². The van der Waals surface area contributed by atoms with Crippen molar-refractivity contribution < 1.29 is 14.3 Å². The van der Waals surface area contributed by atoms with Crippen molar-refractivity contribution in [2.45, 2.75) is 19.4 Å². The largest absolute Gasteiger partial charge is 0.495 e. The molecule has 0 saturated carbocycles. The molecule has 184 valence electrons. The van der Waals surface area contributed by atoms with Crippen LogP contribution in [0.5, 0.6) is 5.75 Å². The first-order valence-corrected chi connectivity index (χ1v) is 11.1. The van der Waals surface area contributed by atoms with Gasteiger partial charge < -0.3 is 20.1 Å². The summed E-state index contributed by atoms with van der Waals surface area (Å²) in [6, 6.07) is 5.17. The van der Waals surface area contributed by atoms with Crippen LogP contribution in [0.1, 0.15) is 18.2 Å². The molecule has 0 spiro atoms. The third-order valence-corrected chi connectivity index (χ3v) is 5.50. The van der Waals surface area contributed by atoms with E-state index in [1.54, 1.807) is 6.07 Å². The fourth-order valence-electron chi connectivity index (χ4n) is 3.46. The Balaban J connectivity index is 0.00000408. The van der Waals surface area contributed by atoms with Crippen LogP contribution in [0.2, 0.25) is 5.02 Å². The van der Waals surface area contributed by atoms with Gasteiger partial charge in [-0.25, -0.2) is 14.8 Å². The highest BCUT2D eigenvalue weighted by Gasteiger charge is 2.15. The minimum Gasteiger partial charge on any atom is -0.495 e. The Morgan fingerprint density at radius 1 is 1.29 bits per heavy atom. The molecule has 3 rings (SSSR count). The van der Waals surface area contributed by atoms with Gasteiger partial charge in [-0.15, -0.1) is 12.4 Å². The van der Waals surface area contributed by atoms with E-state index < -0.39 is 6.03 Å². The van der Waals surface area contributed by atoms with Crippen LogP contribution in [0.3, 0.4) is 0 Å². The lowest BCUT2D eigenvalue weighted by atomic mass is 10.1. The maximum Gasteiger partial charge on any atom is 0.325 e. The molecule has 0 aliphatic carbocycles. The molecule has 0 bridgehead atoms. The summed E-state index contributed by atoms with van der Waals surface area (Å²) >= 11 is 6.48. The number of nitrogens with zero attached hydrogens (tertiary/aromatic N) is 4. The van der Waals surface area contributed by atoms with E-state index in [-0.39, 0.29) is 23.9 Å². The van der Waals surface area contributed by atoms with E-state index in [9.17, 15) is 4.79 Å². The molecule has 1 aliphatic rings. The molecule has 34 heavy (non-hydrogen) atoms. The minimum absolute atomic E-state index is 0. The van der Waals surface area contributed by atoms with Crippen molar-refractivity contribution >= 4 is 41.5 Å². The van der Waals surface area contributed by atoms with E-state index in [1.165, 1.54) is 19.5 Å². The predicted octanol–water partition coefficient (Wildman–Crippen LogP) is 2.93. The summed E-state index contributed by atoms with van der Waals surface area (Å²) in [6.45, 7) is 7.43. The second-order valence-electron chi connectivity index (χ2n) is 7.64. The van der Waals surface area contributed by atoms with Crippen molar-refractivity contribution in [1.82, 2.24) is 20.2 Å². The monoisotopic (exact) mass is 509 g/mol. The zero-order valence-corrected chi connectivity index (χ0v) is 20.7. The Labute approximate surface area is 210 Å². The number of rotatable bonds is 9. The van der Waals surface area contributed by atoms with Crippen molar-refractivity contribution in [3.05, 3.63) is 40.8 Å². The maximum absolute atomic E-state index is 12.3. The van der Waals surface area contributed by atoms with E-state index in [4.69, 9.17) is 26.3 Å². The van der Waals surface area contributed by atoms with Crippen molar-refractivity contribution in [3.63, 3.8) is 0 Å². The molecular weight excluding hydrogens is 481 g/mol. The number of carbonyl (C=O) groups is 1. The molecule has 1 fully saturated rings. The molecule has 1 aromatic carbocycles. The number of nitrogens with one attached hydrogen (secondary N) is 3. The third-order valence-electron chi connectivity index (χ3n) is 5.15. The highest BCUT2D eigenvalue weighted by atomic mass is 35.5. The molecule has 12 heteroatoms. The summed E-state index contributed by atoms with van der Waals surface area (Å²) in [5, 5.41) is 18.1. The lowest BCUT2D eigenvalue weighted by molar-refractivity contribution is 0.0344. The summed E-state index contributed by atoms with van der Waals surface area (Å²) in [5.74, 6) is 0.710. The summed E-state index contributed by atoms with van der Waals surface area (Å²) in [4.78, 5) is 22.6. The van der Waals surface area contributed by atoms with E-state index in [0.717, 1.165) is 51.4 Å². The molecule has 1 atom stereocenters. The Kier molecular flexibility index (Phi) is 11.3. The molecule has 2 heterocycles. The summed E-state index contributed by atoms with van der Waals surface area (Å²) in [7, 11) is 1.53. The van der Waals surface area contributed by atoms with Gasteiger partial charge in [0, 0.05) is 30.7 Å². The van der Waals surface area contributed by atoms with Gasteiger partial charge >= 0.3 is 6.03 Å². The number of ether oxygens (including phenoxy) is 2. The first-order valence-electron chi connectivity index (χ1n) is 10.7. The second kappa shape index (κ2) is 13.9. The lowest BCUT2D eigenvalue weighted by Gasteiger charge is -2.29. The molecule has 1 aliphatic heterocycles. The van der Waals surface area contributed by atoms with Crippen LogP contribution in [-0.2, 0) is 11.2 Å². The number of hydrogen-bond acceptors (Lipinski definition) is 8. The van der Waals surface area contributed by atoms with Gasteiger partial charge in [-0.05, 0) is 37.6 Å². The van der Waals surface area contributed by atoms with E-state index in [1.807, 2.05) is 12.1 Å². The summed E-state index contributed by atoms with van der Waals surface area (Å²) < 4.78 is 10.8. The van der Waals surface area contributed by atoms with Gasteiger partial charge in [-0.2, -0.15) is 5.26 Å². The Morgan fingerprint density at radius 2 is 2.06 bits per heavy atom. The van der Waals surface area contributed by atoms with Crippen molar-refractivity contribution in [1.29, 1.82) is 5.26 Å². The van der Waals surface area contributed by atoms with Gasteiger partial charge in [0.2, 0.25) is 0 Å². The number of amides is 2. The zero-order valence-electron chi connectivity index (χ0n) is 19.1. The number of hydrogen-bond donors (Lipinski definition) is 3. The standard InChI is InChI=1S/C22H28ClN7O3.ClH/c1-15(14-30-5-7-33-8-6-30)25-4-3-16-9-20(32-2)19(10-18(16)23)28-22(31)29-21-13-26-17(11-24)12-27-21;/h9-10,12-13,15,25H,3-8,14H2,1-2H3,(H2,27,28,29,31);1H/t15-;/m0./s1. The van der Waals surface area contributed by atoms with Gasteiger partial charge in [0.1, 0.15) is 11.8 Å². The second-order valence-corrected chi connectivity index (χ2v) is 8.05. The molecule has 0 unspecified atom stereocenters. The average molecular weight is 510 g/mol. The molecular formula is C22H29Cl2N7O3. The number of aromatic nitrogens is 2. The van der Waals surface area contributed by atoms with Crippen molar-refractivity contribution in [2.75, 3.05) is 57.1 Å². The number of benzene rings is 1. The predicted molar refractivity (Wildman–Crippen MR) is 133 cm³/mol. The van der Waals surface area contributed by atoms with Gasteiger partial charge in [-0.1, -0.05) is 11.6 Å². The molecule has 2 aromatic rings. The Morgan fingerprint density at radius 3 is 2.71 bits per heavy atom. The fourth-order valence-corrected chi connectivity index (χ4v) is 3.72. The topological polar surface area (TPSA) is 124 Å². The van der Waals surface area contributed by atoms with E-state index >= 15 is 0 Å². The minimum atomic E-state index is -0.533. The van der Waals surface area contributed by atoms with Crippen LogP contribution in [0.4, 0.5) is 16.3 Å². The smallest absolute Gasteiger partial charge is 0.325 e. The van der Waals surface area contributed by atoms with Gasteiger partial charge in [0.15, 0.2) is 11.5 Å². The Hall–Kier alpha value is -2.68. The van der Waals surface area contributed by atoms with Gasteiger partial charge in [0.25, 0.3) is 0 Å². The highest BCUT2D eigenvalue weighted by molar-refractivity contribution is 6.31. The SMILES string of the molecule is COc1cc(CCN[C@@H](C)CN2CCOCC2)c(Cl)cc1NC(=O)Nc1cnc(C#N)cn1.Cl. The van der Waals surface area contributed by atoms with Gasteiger partial charge in [-0.3, -0.25) is 10.2 Å². The number of carbonyl (C=O) groups excluding carboxylic acids is 1. The molecule has 10 nitrogen and oxygen atoms in total. The van der Waals surface area contributed by atoms with Crippen LogP contribution < -0.4 is 20.7 Å².